The maximum absolute atomic E-state index is 5.91. The summed E-state index contributed by atoms with van der Waals surface area (Å²) in [5.41, 5.74) is 2.45. The molecule has 0 spiro atoms. The number of benzene rings is 1. The lowest BCUT2D eigenvalue weighted by molar-refractivity contribution is -0.906. The molecule has 1 aliphatic heterocycles. The number of nitrogens with one attached hydrogen (secondary N) is 2. The van der Waals surface area contributed by atoms with Gasteiger partial charge in [0.2, 0.25) is 0 Å². The van der Waals surface area contributed by atoms with Crippen LogP contribution in [0.15, 0.2) is 35.0 Å². The first-order valence-corrected chi connectivity index (χ1v) is 7.69. The van der Waals surface area contributed by atoms with Crippen molar-refractivity contribution in [2.75, 3.05) is 44.7 Å². The highest BCUT2D eigenvalue weighted by Crippen LogP contribution is 2.29. The Morgan fingerprint density at radius 1 is 1.13 bits per heavy atom. The fourth-order valence-corrected chi connectivity index (χ4v) is 2.92. The van der Waals surface area contributed by atoms with Crippen molar-refractivity contribution in [2.45, 2.75) is 0 Å². The van der Waals surface area contributed by atoms with Crippen LogP contribution in [0.4, 0.5) is 5.82 Å². The molecule has 1 aromatic carbocycles. The minimum atomic E-state index is 0. The third kappa shape index (κ3) is 3.24. The zero-order chi connectivity index (χ0) is 14.8. The smallest absolute Gasteiger partial charge is 0.196 e. The number of quaternary nitrogens is 1. The molecular weight excluding hydrogens is 316 g/mol. The summed E-state index contributed by atoms with van der Waals surface area (Å²) in [6.45, 7) is 5.78. The largest absolute Gasteiger partial charge is 1.00 e. The van der Waals surface area contributed by atoms with Crippen molar-refractivity contribution in [3.8, 4) is 0 Å². The Bertz CT molecular complexity index is 786. The second-order valence-corrected chi connectivity index (χ2v) is 5.54. The minimum absolute atomic E-state index is 0. The molecule has 2 N–H and O–H groups in total. The number of halogens is 1. The van der Waals surface area contributed by atoms with E-state index in [1.165, 1.54) is 0 Å². The number of para-hydroxylation sites is 1. The molecule has 0 radical (unpaired) electrons. The number of nitrogens with zero attached hydrogens (tertiary/aromatic N) is 2. The number of furan rings is 1. The predicted octanol–water partition coefficient (Wildman–Crippen LogP) is -2.29. The summed E-state index contributed by atoms with van der Waals surface area (Å²) < 4.78 is 11.3. The van der Waals surface area contributed by atoms with Gasteiger partial charge in [-0.3, -0.25) is 0 Å². The van der Waals surface area contributed by atoms with E-state index in [1.807, 2.05) is 24.3 Å². The van der Waals surface area contributed by atoms with E-state index in [4.69, 9.17) is 9.15 Å². The molecule has 0 bridgehead atoms. The lowest BCUT2D eigenvalue weighted by atomic mass is 10.2. The second kappa shape index (κ2) is 7.12. The highest BCUT2D eigenvalue weighted by Gasteiger charge is 2.15. The number of hydrogen-bond acceptors (Lipinski definition) is 5. The maximum Gasteiger partial charge on any atom is 0.196 e. The Morgan fingerprint density at radius 3 is 2.83 bits per heavy atom. The van der Waals surface area contributed by atoms with E-state index in [1.54, 1.807) is 11.2 Å². The standard InChI is InChI=1S/C16H18N4O2.ClH/c1-2-4-13-12(3-1)14-15(22-13)16(19-11-18-14)17-5-6-20-7-9-21-10-8-20;/h1-4,11H,5-10H2,(H,17,18,19);1H. The summed E-state index contributed by atoms with van der Waals surface area (Å²) in [5, 5.41) is 4.42. The van der Waals surface area contributed by atoms with E-state index in [0.29, 0.717) is 0 Å². The molecule has 3 aromatic rings. The number of hydrogen-bond donors (Lipinski definition) is 2. The molecule has 0 aliphatic carbocycles. The van der Waals surface area contributed by atoms with Gasteiger partial charge in [-0.25, -0.2) is 9.97 Å². The van der Waals surface area contributed by atoms with Crippen molar-refractivity contribution in [1.29, 1.82) is 0 Å². The van der Waals surface area contributed by atoms with Crippen LogP contribution in [0.1, 0.15) is 0 Å². The molecule has 1 fully saturated rings. The van der Waals surface area contributed by atoms with E-state index >= 15 is 0 Å². The number of morpholine rings is 1. The molecule has 6 nitrogen and oxygen atoms in total. The predicted molar refractivity (Wildman–Crippen MR) is 84.2 cm³/mol. The monoisotopic (exact) mass is 334 g/mol. The van der Waals surface area contributed by atoms with Crippen molar-refractivity contribution in [1.82, 2.24) is 9.97 Å². The summed E-state index contributed by atoms with van der Waals surface area (Å²) in [5.74, 6) is 0.772. The molecule has 0 amide bonds. The number of fused-ring (bicyclic) bond motifs is 3. The highest BCUT2D eigenvalue weighted by atomic mass is 35.5. The van der Waals surface area contributed by atoms with Crippen LogP contribution in [0.2, 0.25) is 0 Å². The Labute approximate surface area is 140 Å². The van der Waals surface area contributed by atoms with E-state index in [9.17, 15) is 0 Å². The lowest BCUT2D eigenvalue weighted by Gasteiger charge is -2.23. The SMILES string of the molecule is [Cl-].c1ccc2c(c1)oc1c(NCC[NH+]3CCOCC3)ncnc12. The van der Waals surface area contributed by atoms with Gasteiger partial charge in [0.25, 0.3) is 0 Å². The molecular formula is C16H19ClN4O2. The highest BCUT2D eigenvalue weighted by molar-refractivity contribution is 6.05. The van der Waals surface area contributed by atoms with Crippen LogP contribution in [0.5, 0.6) is 0 Å². The third-order valence-electron chi connectivity index (χ3n) is 4.13. The van der Waals surface area contributed by atoms with Gasteiger partial charge in [0.15, 0.2) is 11.4 Å². The Morgan fingerprint density at radius 2 is 1.96 bits per heavy atom. The molecule has 1 aliphatic rings. The minimum Gasteiger partial charge on any atom is -1.00 e. The lowest BCUT2D eigenvalue weighted by Crippen LogP contribution is -3.14. The first kappa shape index (κ1) is 16.0. The van der Waals surface area contributed by atoms with Gasteiger partial charge in [-0.2, -0.15) is 0 Å². The van der Waals surface area contributed by atoms with Crippen LogP contribution in [-0.2, 0) is 4.74 Å². The normalized spacial score (nSPS) is 15.7. The van der Waals surface area contributed by atoms with Gasteiger partial charge in [-0.05, 0) is 12.1 Å². The van der Waals surface area contributed by atoms with Gasteiger partial charge in [0.1, 0.15) is 30.5 Å². The summed E-state index contributed by atoms with van der Waals surface area (Å²) >= 11 is 0. The molecule has 0 atom stereocenters. The molecule has 122 valence electrons. The fraction of sp³-hybridized carbons (Fsp3) is 0.375. The second-order valence-electron chi connectivity index (χ2n) is 5.54. The van der Waals surface area contributed by atoms with Gasteiger partial charge in [-0.1, -0.05) is 12.1 Å². The number of aromatic nitrogens is 2. The Kier molecular flexibility index (Phi) is 4.95. The molecule has 0 saturated carbocycles. The summed E-state index contributed by atoms with van der Waals surface area (Å²) in [6.07, 6.45) is 1.59. The van der Waals surface area contributed by atoms with Crippen molar-refractivity contribution in [3.05, 3.63) is 30.6 Å². The van der Waals surface area contributed by atoms with Crippen molar-refractivity contribution >= 4 is 27.9 Å². The van der Waals surface area contributed by atoms with Crippen LogP contribution in [0.25, 0.3) is 22.1 Å². The fourth-order valence-electron chi connectivity index (χ4n) is 2.92. The summed E-state index contributed by atoms with van der Waals surface area (Å²) in [6, 6.07) is 7.94. The van der Waals surface area contributed by atoms with E-state index in [0.717, 1.165) is 67.3 Å². The average Bonchev–Trinajstić information content (AvgIpc) is 2.96. The van der Waals surface area contributed by atoms with E-state index in [-0.39, 0.29) is 12.4 Å². The topological polar surface area (TPSA) is 64.6 Å². The third-order valence-corrected chi connectivity index (χ3v) is 4.13. The quantitative estimate of drug-likeness (QED) is 0.562. The van der Waals surface area contributed by atoms with Gasteiger partial charge < -0.3 is 31.8 Å². The average molecular weight is 335 g/mol. The molecule has 1 saturated heterocycles. The first-order valence-electron chi connectivity index (χ1n) is 7.69. The molecule has 0 unspecified atom stereocenters. The van der Waals surface area contributed by atoms with Crippen molar-refractivity contribution in [3.63, 3.8) is 0 Å². The molecule has 2 aromatic heterocycles. The summed E-state index contributed by atoms with van der Waals surface area (Å²) in [4.78, 5) is 10.3. The number of anilines is 1. The zero-order valence-electron chi connectivity index (χ0n) is 12.7. The van der Waals surface area contributed by atoms with Gasteiger partial charge in [0.05, 0.1) is 26.3 Å². The summed E-state index contributed by atoms with van der Waals surface area (Å²) in [7, 11) is 0. The van der Waals surface area contributed by atoms with Gasteiger partial charge >= 0.3 is 0 Å². The Hall–Kier alpha value is -1.89. The van der Waals surface area contributed by atoms with Crippen LogP contribution >= 0.6 is 0 Å². The molecule has 23 heavy (non-hydrogen) atoms. The molecule has 7 heteroatoms. The van der Waals surface area contributed by atoms with Crippen LogP contribution in [0, 0.1) is 0 Å². The van der Waals surface area contributed by atoms with E-state index < -0.39 is 0 Å². The van der Waals surface area contributed by atoms with Crippen LogP contribution in [-0.4, -0.2) is 49.4 Å². The van der Waals surface area contributed by atoms with Gasteiger partial charge in [-0.15, -0.1) is 0 Å². The van der Waals surface area contributed by atoms with Gasteiger partial charge in [0, 0.05) is 5.39 Å². The van der Waals surface area contributed by atoms with Crippen molar-refractivity contribution in [2.24, 2.45) is 0 Å². The van der Waals surface area contributed by atoms with Crippen molar-refractivity contribution < 1.29 is 26.5 Å². The maximum atomic E-state index is 5.91. The van der Waals surface area contributed by atoms with E-state index in [2.05, 4.69) is 15.3 Å². The molecule has 3 heterocycles. The first-order chi connectivity index (χ1) is 10.9. The molecule has 4 rings (SSSR count). The van der Waals surface area contributed by atoms with Crippen LogP contribution in [0.3, 0.4) is 0 Å². The number of ether oxygens (including phenoxy) is 1. The zero-order valence-corrected chi connectivity index (χ0v) is 13.5. The van der Waals surface area contributed by atoms with Crippen LogP contribution < -0.4 is 22.6 Å². The number of rotatable bonds is 4. The Balaban J connectivity index is 0.00000156.